The van der Waals surface area contributed by atoms with Crippen molar-refractivity contribution >= 4 is 35.0 Å². The minimum absolute atomic E-state index is 0.0999. The van der Waals surface area contributed by atoms with E-state index in [1.165, 1.54) is 31.5 Å². The number of aromatic nitrogens is 4. The maximum Gasteiger partial charge on any atom is 0.221 e. The average molecular weight is 439 g/mol. The van der Waals surface area contributed by atoms with E-state index in [2.05, 4.69) is 25.8 Å². The smallest absolute Gasteiger partial charge is 0.221 e. The van der Waals surface area contributed by atoms with Crippen LogP contribution in [0.1, 0.15) is 50.9 Å². The van der Waals surface area contributed by atoms with Crippen molar-refractivity contribution in [3.63, 3.8) is 0 Å². The molecule has 0 bridgehead atoms. The molecule has 31 heavy (non-hydrogen) atoms. The summed E-state index contributed by atoms with van der Waals surface area (Å²) < 4.78 is 5.64. The normalized spacial score (nSPS) is 13.8. The standard InChI is InChI=1S/C22H26N6O2S/c1-13(29)23-15-7-9-16(10-8-15)31-21-24-18(22(2,3)30-4)12-19(26-21)25-20-11-17(27-28-20)14-5-6-14/h7-12,14H,5-6H2,1-4H3,(H,23,29)(H2,24,25,26,27,28). The molecule has 2 heterocycles. The molecule has 0 spiro atoms. The van der Waals surface area contributed by atoms with E-state index >= 15 is 0 Å². The third-order valence-electron chi connectivity index (χ3n) is 5.09. The highest BCUT2D eigenvalue weighted by Gasteiger charge is 2.26. The number of ether oxygens (including phenoxy) is 1. The van der Waals surface area contributed by atoms with Crippen LogP contribution in [0.25, 0.3) is 0 Å². The lowest BCUT2D eigenvalue weighted by atomic mass is 10.1. The number of benzene rings is 1. The van der Waals surface area contributed by atoms with Gasteiger partial charge in [0.25, 0.3) is 0 Å². The number of amides is 1. The Hall–Kier alpha value is -2.91. The zero-order valence-corrected chi connectivity index (χ0v) is 18.8. The number of rotatable bonds is 8. The van der Waals surface area contributed by atoms with Crippen LogP contribution in [0.3, 0.4) is 0 Å². The van der Waals surface area contributed by atoms with Crippen molar-refractivity contribution in [2.75, 3.05) is 17.7 Å². The zero-order valence-electron chi connectivity index (χ0n) is 18.0. The van der Waals surface area contributed by atoms with Gasteiger partial charge >= 0.3 is 0 Å². The molecule has 2 aromatic heterocycles. The molecule has 9 heteroatoms. The van der Waals surface area contributed by atoms with Crippen molar-refractivity contribution in [2.24, 2.45) is 0 Å². The molecule has 3 N–H and O–H groups in total. The Morgan fingerprint density at radius 2 is 1.90 bits per heavy atom. The number of aromatic amines is 1. The number of hydrogen-bond acceptors (Lipinski definition) is 7. The molecule has 0 unspecified atom stereocenters. The van der Waals surface area contributed by atoms with Gasteiger partial charge in [-0.25, -0.2) is 9.97 Å². The lowest BCUT2D eigenvalue weighted by Gasteiger charge is -2.23. The van der Waals surface area contributed by atoms with E-state index in [1.807, 2.05) is 50.2 Å². The Morgan fingerprint density at radius 1 is 1.16 bits per heavy atom. The van der Waals surface area contributed by atoms with E-state index < -0.39 is 5.60 Å². The highest BCUT2D eigenvalue weighted by Crippen LogP contribution is 2.40. The molecule has 1 saturated carbocycles. The number of carbonyl (C=O) groups is 1. The number of hydrogen-bond donors (Lipinski definition) is 3. The molecule has 162 valence electrons. The number of carbonyl (C=O) groups excluding carboxylic acids is 1. The van der Waals surface area contributed by atoms with E-state index in [0.29, 0.717) is 16.9 Å². The summed E-state index contributed by atoms with van der Waals surface area (Å²) in [6.07, 6.45) is 2.42. The summed E-state index contributed by atoms with van der Waals surface area (Å²) in [6.45, 7) is 5.42. The van der Waals surface area contributed by atoms with Crippen LogP contribution in [0.5, 0.6) is 0 Å². The van der Waals surface area contributed by atoms with Crippen molar-refractivity contribution in [2.45, 2.75) is 55.2 Å². The van der Waals surface area contributed by atoms with Crippen LogP contribution in [-0.4, -0.2) is 33.2 Å². The van der Waals surface area contributed by atoms with Crippen molar-refractivity contribution in [1.29, 1.82) is 0 Å². The van der Waals surface area contributed by atoms with Crippen LogP contribution < -0.4 is 10.6 Å². The highest BCUT2D eigenvalue weighted by atomic mass is 32.2. The zero-order chi connectivity index (χ0) is 22.0. The van der Waals surface area contributed by atoms with E-state index in [1.54, 1.807) is 7.11 Å². The molecular weight excluding hydrogens is 412 g/mol. The number of methoxy groups -OCH3 is 1. The minimum atomic E-state index is -0.575. The molecular formula is C22H26N6O2S. The number of nitrogens with zero attached hydrogens (tertiary/aromatic N) is 3. The fourth-order valence-electron chi connectivity index (χ4n) is 3.00. The number of H-pyrrole nitrogens is 1. The average Bonchev–Trinajstić information content (AvgIpc) is 3.48. The maximum absolute atomic E-state index is 11.2. The van der Waals surface area contributed by atoms with Gasteiger partial charge in [-0.3, -0.25) is 9.89 Å². The SMILES string of the molecule is COC(C)(C)c1cc(Nc2cc(C3CC3)[nH]n2)nc(Sc2ccc(NC(C)=O)cc2)n1. The molecule has 8 nitrogen and oxygen atoms in total. The fraction of sp³-hybridized carbons (Fsp3) is 0.364. The lowest BCUT2D eigenvalue weighted by molar-refractivity contribution is -0.114. The maximum atomic E-state index is 11.2. The summed E-state index contributed by atoms with van der Waals surface area (Å²) in [6, 6.07) is 11.5. The first-order chi connectivity index (χ1) is 14.8. The van der Waals surface area contributed by atoms with Gasteiger partial charge in [0, 0.05) is 48.4 Å². The van der Waals surface area contributed by atoms with Crippen molar-refractivity contribution < 1.29 is 9.53 Å². The largest absolute Gasteiger partial charge is 0.373 e. The number of anilines is 3. The lowest BCUT2D eigenvalue weighted by Crippen LogP contribution is -2.22. The van der Waals surface area contributed by atoms with E-state index in [0.717, 1.165) is 27.8 Å². The molecule has 1 fully saturated rings. The van der Waals surface area contributed by atoms with Gasteiger partial charge in [0.2, 0.25) is 5.91 Å². The summed E-state index contributed by atoms with van der Waals surface area (Å²) in [5, 5.41) is 14.1. The van der Waals surface area contributed by atoms with Crippen LogP contribution in [0.4, 0.5) is 17.3 Å². The van der Waals surface area contributed by atoms with Gasteiger partial charge in [-0.2, -0.15) is 5.10 Å². The second kappa shape index (κ2) is 8.68. The molecule has 1 aliphatic rings. The van der Waals surface area contributed by atoms with Gasteiger partial charge in [0.1, 0.15) is 11.4 Å². The quantitative estimate of drug-likeness (QED) is 0.433. The summed E-state index contributed by atoms with van der Waals surface area (Å²) in [5.74, 6) is 1.89. The molecule has 1 aliphatic carbocycles. The Kier molecular flexibility index (Phi) is 5.97. The Bertz CT molecular complexity index is 1080. The van der Waals surface area contributed by atoms with Crippen molar-refractivity contribution in [3.8, 4) is 0 Å². The van der Waals surface area contributed by atoms with Gasteiger partial charge in [0.05, 0.1) is 5.69 Å². The molecule has 0 radical (unpaired) electrons. The predicted molar refractivity (Wildman–Crippen MR) is 121 cm³/mol. The Balaban J connectivity index is 1.58. The van der Waals surface area contributed by atoms with Crippen LogP contribution in [0.15, 0.2) is 46.5 Å². The van der Waals surface area contributed by atoms with Gasteiger partial charge in [0.15, 0.2) is 11.0 Å². The van der Waals surface area contributed by atoms with Crippen LogP contribution in [0, 0.1) is 0 Å². The third kappa shape index (κ3) is 5.42. The predicted octanol–water partition coefficient (Wildman–Crippen LogP) is 4.81. The van der Waals surface area contributed by atoms with Crippen LogP contribution in [-0.2, 0) is 15.1 Å². The molecule has 4 rings (SSSR count). The van der Waals surface area contributed by atoms with Gasteiger partial charge in [-0.05, 0) is 62.7 Å². The van der Waals surface area contributed by atoms with Crippen LogP contribution in [0.2, 0.25) is 0 Å². The molecule has 1 amide bonds. The van der Waals surface area contributed by atoms with E-state index in [9.17, 15) is 4.79 Å². The molecule has 0 saturated heterocycles. The molecule has 0 aliphatic heterocycles. The van der Waals surface area contributed by atoms with Gasteiger partial charge < -0.3 is 15.4 Å². The van der Waals surface area contributed by atoms with E-state index in [-0.39, 0.29) is 5.91 Å². The first-order valence-corrected chi connectivity index (χ1v) is 11.0. The minimum Gasteiger partial charge on any atom is -0.373 e. The topological polar surface area (TPSA) is 105 Å². The Labute approximate surface area is 185 Å². The second-order valence-electron chi connectivity index (χ2n) is 8.05. The van der Waals surface area contributed by atoms with Gasteiger partial charge in [-0.15, -0.1) is 0 Å². The van der Waals surface area contributed by atoms with Crippen molar-refractivity contribution in [1.82, 2.24) is 20.2 Å². The molecule has 0 atom stereocenters. The first kappa shape index (κ1) is 21.3. The Morgan fingerprint density at radius 3 is 2.55 bits per heavy atom. The molecule has 3 aromatic rings. The molecule has 1 aromatic carbocycles. The van der Waals surface area contributed by atoms with Crippen LogP contribution >= 0.6 is 11.8 Å². The van der Waals surface area contributed by atoms with E-state index in [4.69, 9.17) is 9.72 Å². The summed E-state index contributed by atoms with van der Waals surface area (Å²) in [7, 11) is 1.67. The van der Waals surface area contributed by atoms with Gasteiger partial charge in [-0.1, -0.05) is 0 Å². The number of nitrogens with one attached hydrogen (secondary N) is 3. The first-order valence-electron chi connectivity index (χ1n) is 10.1. The summed E-state index contributed by atoms with van der Waals surface area (Å²) >= 11 is 1.44. The summed E-state index contributed by atoms with van der Waals surface area (Å²) in [4.78, 5) is 21.6. The summed E-state index contributed by atoms with van der Waals surface area (Å²) in [5.41, 5.74) is 2.10. The second-order valence-corrected chi connectivity index (χ2v) is 9.09. The fourth-order valence-corrected chi connectivity index (χ4v) is 3.77. The highest BCUT2D eigenvalue weighted by molar-refractivity contribution is 7.99. The third-order valence-corrected chi connectivity index (χ3v) is 5.96. The monoisotopic (exact) mass is 438 g/mol. The van der Waals surface area contributed by atoms with Crippen molar-refractivity contribution in [3.05, 3.63) is 47.8 Å².